The zero-order valence-corrected chi connectivity index (χ0v) is 15.3. The van der Waals surface area contributed by atoms with Crippen LogP contribution in [0.5, 0.6) is 5.75 Å². The van der Waals surface area contributed by atoms with Crippen molar-refractivity contribution in [2.24, 2.45) is 0 Å². The number of nitrogens with one attached hydrogen (secondary N) is 2. The van der Waals surface area contributed by atoms with E-state index in [-0.39, 0.29) is 37.0 Å². The number of benzene rings is 2. The first-order valence-electron chi connectivity index (χ1n) is 8.62. The van der Waals surface area contributed by atoms with Gasteiger partial charge in [-0.1, -0.05) is 23.7 Å². The lowest BCUT2D eigenvalue weighted by Crippen LogP contribution is -2.26. The van der Waals surface area contributed by atoms with Gasteiger partial charge in [-0.25, -0.2) is 0 Å². The Kier molecular flexibility index (Phi) is 6.08. The largest absolute Gasteiger partial charge is 0.482 e. The van der Waals surface area contributed by atoms with Gasteiger partial charge in [0.25, 0.3) is 5.91 Å². The van der Waals surface area contributed by atoms with Crippen LogP contribution in [0.25, 0.3) is 0 Å². The molecule has 0 radical (unpaired) electrons. The van der Waals surface area contributed by atoms with E-state index in [0.717, 1.165) is 5.56 Å². The lowest BCUT2D eigenvalue weighted by molar-refractivity contribution is -0.121. The van der Waals surface area contributed by atoms with Crippen LogP contribution in [0.4, 0.5) is 5.69 Å². The van der Waals surface area contributed by atoms with E-state index in [1.54, 1.807) is 18.2 Å². The Morgan fingerprint density at radius 2 is 1.89 bits per heavy atom. The van der Waals surface area contributed by atoms with Crippen LogP contribution in [-0.4, -0.2) is 30.7 Å². The summed E-state index contributed by atoms with van der Waals surface area (Å²) in [5.74, 6) is -0.0596. The number of fused-ring (bicyclic) bond motifs is 1. The molecule has 2 N–H and O–H groups in total. The summed E-state index contributed by atoms with van der Waals surface area (Å²) in [7, 11) is 0. The topological polar surface area (TPSA) is 84.5 Å². The summed E-state index contributed by atoms with van der Waals surface area (Å²) in [4.78, 5) is 35.6. The molecule has 6 nitrogen and oxygen atoms in total. The molecule has 0 spiro atoms. The average Bonchev–Trinajstić information content (AvgIpc) is 2.67. The highest BCUT2D eigenvalue weighted by Crippen LogP contribution is 2.28. The normalized spacial score (nSPS) is 12.6. The maximum atomic E-state index is 12.3. The summed E-state index contributed by atoms with van der Waals surface area (Å²) in [5.41, 5.74) is 1.99. The van der Waals surface area contributed by atoms with Gasteiger partial charge in [0.2, 0.25) is 5.91 Å². The highest BCUT2D eigenvalue weighted by molar-refractivity contribution is 6.30. The van der Waals surface area contributed by atoms with Gasteiger partial charge in [-0.05, 0) is 42.3 Å². The molecule has 0 aliphatic carbocycles. The molecule has 1 aliphatic heterocycles. The van der Waals surface area contributed by atoms with Crippen molar-refractivity contribution in [3.63, 3.8) is 0 Å². The maximum absolute atomic E-state index is 12.3. The third-order valence-electron chi connectivity index (χ3n) is 4.16. The van der Waals surface area contributed by atoms with Crippen molar-refractivity contribution in [1.82, 2.24) is 5.32 Å². The average molecular weight is 387 g/mol. The minimum absolute atomic E-state index is 0.0313. The molecule has 27 heavy (non-hydrogen) atoms. The number of amides is 2. The van der Waals surface area contributed by atoms with Gasteiger partial charge < -0.3 is 15.4 Å². The Balaban J connectivity index is 1.44. The first-order valence-corrected chi connectivity index (χ1v) is 9.00. The highest BCUT2D eigenvalue weighted by Gasteiger charge is 2.18. The predicted molar refractivity (Wildman–Crippen MR) is 102 cm³/mol. The second-order valence-corrected chi connectivity index (χ2v) is 6.63. The molecule has 7 heteroatoms. The number of anilines is 1. The van der Waals surface area contributed by atoms with Crippen molar-refractivity contribution in [3.05, 3.63) is 58.6 Å². The minimum atomic E-state index is -0.257. The van der Waals surface area contributed by atoms with Gasteiger partial charge in [0.15, 0.2) is 12.4 Å². The fraction of sp³-hybridized carbons (Fsp3) is 0.250. The number of hydrogen-bond acceptors (Lipinski definition) is 4. The minimum Gasteiger partial charge on any atom is -0.482 e. The number of ether oxygens (including phenoxy) is 1. The molecule has 0 saturated carbocycles. The van der Waals surface area contributed by atoms with Crippen molar-refractivity contribution in [3.8, 4) is 5.75 Å². The van der Waals surface area contributed by atoms with E-state index in [1.165, 1.54) is 0 Å². The van der Waals surface area contributed by atoms with Crippen LogP contribution in [0, 0.1) is 0 Å². The Morgan fingerprint density at radius 1 is 1.11 bits per heavy atom. The van der Waals surface area contributed by atoms with Gasteiger partial charge in [-0.2, -0.15) is 0 Å². The number of Topliss-reactive ketones (excluding diaryl/α,β-unsaturated/α-hetero) is 1. The third kappa shape index (κ3) is 5.31. The lowest BCUT2D eigenvalue weighted by Gasteiger charge is -2.18. The first-order chi connectivity index (χ1) is 13.0. The molecule has 0 atom stereocenters. The number of carbonyl (C=O) groups excluding carboxylic acids is 3. The fourth-order valence-corrected chi connectivity index (χ4v) is 2.84. The van der Waals surface area contributed by atoms with Crippen LogP contribution in [0.15, 0.2) is 42.5 Å². The van der Waals surface area contributed by atoms with Crippen molar-refractivity contribution < 1.29 is 19.1 Å². The SMILES string of the molecule is O=C(CCC(=O)c1ccc2c(c1)NC(=O)CO2)NCCc1ccc(Cl)cc1. The van der Waals surface area contributed by atoms with Crippen LogP contribution >= 0.6 is 11.6 Å². The molecule has 2 aromatic carbocycles. The number of ketones is 1. The van der Waals surface area contributed by atoms with Crippen LogP contribution in [-0.2, 0) is 16.0 Å². The molecule has 0 unspecified atom stereocenters. The molecule has 0 bridgehead atoms. The monoisotopic (exact) mass is 386 g/mol. The Labute approximate surface area is 161 Å². The summed E-state index contributed by atoms with van der Waals surface area (Å²) in [6.07, 6.45) is 0.904. The van der Waals surface area contributed by atoms with Crippen LogP contribution < -0.4 is 15.4 Å². The smallest absolute Gasteiger partial charge is 0.262 e. The molecule has 1 aliphatic rings. The van der Waals surface area contributed by atoms with E-state index in [9.17, 15) is 14.4 Å². The second-order valence-electron chi connectivity index (χ2n) is 6.20. The van der Waals surface area contributed by atoms with Crippen molar-refractivity contribution >= 4 is 34.9 Å². The summed E-state index contributed by atoms with van der Waals surface area (Å²) < 4.78 is 5.26. The van der Waals surface area contributed by atoms with E-state index >= 15 is 0 Å². The Morgan fingerprint density at radius 3 is 2.67 bits per heavy atom. The van der Waals surface area contributed by atoms with Crippen molar-refractivity contribution in [1.29, 1.82) is 0 Å². The zero-order valence-electron chi connectivity index (χ0n) is 14.6. The summed E-state index contributed by atoms with van der Waals surface area (Å²) >= 11 is 5.83. The third-order valence-corrected chi connectivity index (χ3v) is 4.41. The van der Waals surface area contributed by atoms with Gasteiger partial charge in [0.05, 0.1) is 5.69 Å². The Hall–Kier alpha value is -2.86. The van der Waals surface area contributed by atoms with Crippen LogP contribution in [0.3, 0.4) is 0 Å². The summed E-state index contributed by atoms with van der Waals surface area (Å²) in [6, 6.07) is 12.3. The van der Waals surface area contributed by atoms with E-state index in [1.807, 2.05) is 24.3 Å². The van der Waals surface area contributed by atoms with Gasteiger partial charge in [0.1, 0.15) is 5.75 Å². The molecule has 2 amide bonds. The van der Waals surface area contributed by atoms with Crippen LogP contribution in [0.2, 0.25) is 5.02 Å². The van der Waals surface area contributed by atoms with Gasteiger partial charge in [-0.3, -0.25) is 14.4 Å². The van der Waals surface area contributed by atoms with Crippen molar-refractivity contribution in [2.45, 2.75) is 19.3 Å². The van der Waals surface area contributed by atoms with E-state index in [0.29, 0.717) is 35.0 Å². The van der Waals surface area contributed by atoms with E-state index < -0.39 is 0 Å². The van der Waals surface area contributed by atoms with Gasteiger partial charge >= 0.3 is 0 Å². The van der Waals surface area contributed by atoms with E-state index in [2.05, 4.69) is 10.6 Å². The van der Waals surface area contributed by atoms with Crippen molar-refractivity contribution in [2.75, 3.05) is 18.5 Å². The number of halogens is 1. The predicted octanol–water partition coefficient (Wildman–Crippen LogP) is 2.99. The van der Waals surface area contributed by atoms with E-state index in [4.69, 9.17) is 16.3 Å². The molecule has 1 heterocycles. The standard InChI is InChI=1S/C20H19ClN2O4/c21-15-4-1-13(2-5-15)9-10-22-19(25)8-6-17(24)14-3-7-18-16(11-14)23-20(26)12-27-18/h1-5,7,11H,6,8-10,12H2,(H,22,25)(H,23,26). The molecular weight excluding hydrogens is 368 g/mol. The van der Waals surface area contributed by atoms with Crippen LogP contribution in [0.1, 0.15) is 28.8 Å². The number of hydrogen-bond donors (Lipinski definition) is 2. The summed E-state index contributed by atoms with van der Waals surface area (Å²) in [6.45, 7) is 0.466. The zero-order chi connectivity index (χ0) is 19.2. The molecule has 2 aromatic rings. The first kappa shape index (κ1) is 18.9. The number of carbonyl (C=O) groups is 3. The molecule has 0 fully saturated rings. The van der Waals surface area contributed by atoms with Gasteiger partial charge in [0, 0.05) is 30.0 Å². The lowest BCUT2D eigenvalue weighted by atomic mass is 10.0. The number of rotatable bonds is 7. The molecule has 0 saturated heterocycles. The quantitative estimate of drug-likeness (QED) is 0.716. The summed E-state index contributed by atoms with van der Waals surface area (Å²) in [5, 5.41) is 6.15. The highest BCUT2D eigenvalue weighted by atomic mass is 35.5. The molecule has 140 valence electrons. The Bertz CT molecular complexity index is 865. The second kappa shape index (κ2) is 8.68. The van der Waals surface area contributed by atoms with Gasteiger partial charge in [-0.15, -0.1) is 0 Å². The fourth-order valence-electron chi connectivity index (χ4n) is 2.71. The molecule has 0 aromatic heterocycles. The molecular formula is C20H19ClN2O4. The maximum Gasteiger partial charge on any atom is 0.262 e. The molecule has 3 rings (SSSR count).